The second kappa shape index (κ2) is 6.64. The van der Waals surface area contributed by atoms with Crippen LogP contribution in [-0.2, 0) is 9.59 Å². The van der Waals surface area contributed by atoms with E-state index in [2.05, 4.69) is 5.32 Å². The summed E-state index contributed by atoms with van der Waals surface area (Å²) in [6.45, 7) is -0.409. The van der Waals surface area contributed by atoms with Crippen molar-refractivity contribution in [2.75, 3.05) is 18.5 Å². The number of rotatable bonds is 5. The van der Waals surface area contributed by atoms with Crippen LogP contribution in [0.15, 0.2) is 60.3 Å². The number of halogens is 1. The second-order valence-corrected chi connectivity index (χ2v) is 5.26. The standard InChI is InChI=1S/C18H15FN2O3/c19-14-10-13(12-4-2-1-3-5-12)6-7-15(14)20-16-11-17(23)21(8-9-22)18(16)24/h1-7,10-11,20,22H,8-9H2. The van der Waals surface area contributed by atoms with Crippen LogP contribution in [0.25, 0.3) is 11.1 Å². The lowest BCUT2D eigenvalue weighted by Crippen LogP contribution is -2.34. The third-order valence-corrected chi connectivity index (χ3v) is 3.68. The molecule has 0 aromatic heterocycles. The molecule has 0 spiro atoms. The van der Waals surface area contributed by atoms with E-state index in [1.807, 2.05) is 30.3 Å². The summed E-state index contributed by atoms with van der Waals surface area (Å²) >= 11 is 0. The van der Waals surface area contributed by atoms with Gasteiger partial charge in [-0.25, -0.2) is 4.39 Å². The van der Waals surface area contributed by atoms with Crippen LogP contribution < -0.4 is 5.32 Å². The Labute approximate surface area is 138 Å². The lowest BCUT2D eigenvalue weighted by molar-refractivity contribution is -0.137. The highest BCUT2D eigenvalue weighted by Crippen LogP contribution is 2.26. The third kappa shape index (κ3) is 3.04. The highest BCUT2D eigenvalue weighted by atomic mass is 19.1. The number of hydrogen-bond acceptors (Lipinski definition) is 4. The first-order valence-corrected chi connectivity index (χ1v) is 7.40. The summed E-state index contributed by atoms with van der Waals surface area (Å²) in [6.07, 6.45) is 1.10. The quantitative estimate of drug-likeness (QED) is 0.826. The lowest BCUT2D eigenvalue weighted by Gasteiger charge is -2.14. The van der Waals surface area contributed by atoms with Gasteiger partial charge in [0, 0.05) is 6.08 Å². The first kappa shape index (κ1) is 15.9. The largest absolute Gasteiger partial charge is 0.395 e. The number of aliphatic hydroxyl groups excluding tert-OH is 1. The minimum Gasteiger partial charge on any atom is -0.395 e. The average molecular weight is 326 g/mol. The maximum Gasteiger partial charge on any atom is 0.277 e. The van der Waals surface area contributed by atoms with Gasteiger partial charge >= 0.3 is 0 Å². The van der Waals surface area contributed by atoms with Crippen molar-refractivity contribution in [2.24, 2.45) is 0 Å². The highest BCUT2D eigenvalue weighted by molar-refractivity contribution is 6.17. The monoisotopic (exact) mass is 326 g/mol. The maximum atomic E-state index is 14.3. The van der Waals surface area contributed by atoms with Crippen molar-refractivity contribution in [1.29, 1.82) is 0 Å². The molecule has 2 aromatic carbocycles. The Bertz CT molecular complexity index is 818. The normalized spacial score (nSPS) is 14.1. The van der Waals surface area contributed by atoms with E-state index < -0.39 is 17.6 Å². The van der Waals surface area contributed by atoms with E-state index in [9.17, 15) is 14.0 Å². The van der Waals surface area contributed by atoms with Crippen molar-refractivity contribution < 1.29 is 19.1 Å². The molecule has 0 radical (unpaired) electrons. The van der Waals surface area contributed by atoms with Crippen LogP contribution in [0.3, 0.4) is 0 Å². The van der Waals surface area contributed by atoms with Crippen molar-refractivity contribution >= 4 is 17.5 Å². The van der Waals surface area contributed by atoms with Gasteiger partial charge in [-0.2, -0.15) is 0 Å². The number of aliphatic hydroxyl groups is 1. The molecule has 24 heavy (non-hydrogen) atoms. The maximum absolute atomic E-state index is 14.3. The molecule has 1 aliphatic rings. The van der Waals surface area contributed by atoms with Gasteiger partial charge in [-0.05, 0) is 23.3 Å². The zero-order valence-electron chi connectivity index (χ0n) is 12.7. The lowest BCUT2D eigenvalue weighted by atomic mass is 10.1. The Hall–Kier alpha value is -2.99. The van der Waals surface area contributed by atoms with Crippen molar-refractivity contribution in [3.63, 3.8) is 0 Å². The van der Waals surface area contributed by atoms with Crippen molar-refractivity contribution in [2.45, 2.75) is 0 Å². The third-order valence-electron chi connectivity index (χ3n) is 3.68. The minimum absolute atomic E-state index is 0.0141. The molecule has 2 aromatic rings. The van der Waals surface area contributed by atoms with Crippen LogP contribution in [0.2, 0.25) is 0 Å². The van der Waals surface area contributed by atoms with Gasteiger partial charge in [0.25, 0.3) is 11.8 Å². The molecule has 3 rings (SSSR count). The van der Waals surface area contributed by atoms with Crippen molar-refractivity contribution in [3.8, 4) is 11.1 Å². The number of nitrogens with one attached hydrogen (secondary N) is 1. The molecule has 0 saturated heterocycles. The Morgan fingerprint density at radius 1 is 1.04 bits per heavy atom. The smallest absolute Gasteiger partial charge is 0.277 e. The molecule has 0 unspecified atom stereocenters. The summed E-state index contributed by atoms with van der Waals surface area (Å²) in [4.78, 5) is 24.6. The van der Waals surface area contributed by atoms with E-state index >= 15 is 0 Å². The zero-order valence-corrected chi connectivity index (χ0v) is 12.7. The summed E-state index contributed by atoms with van der Waals surface area (Å²) in [5.41, 5.74) is 1.68. The molecule has 5 nitrogen and oxygen atoms in total. The fraction of sp³-hybridized carbons (Fsp3) is 0.111. The van der Waals surface area contributed by atoms with Gasteiger partial charge in [0.05, 0.1) is 18.8 Å². The number of amides is 2. The minimum atomic E-state index is -0.583. The highest BCUT2D eigenvalue weighted by Gasteiger charge is 2.30. The molecular formula is C18H15FN2O3. The van der Waals surface area contributed by atoms with Gasteiger partial charge in [0.2, 0.25) is 0 Å². The number of carbonyl (C=O) groups is 2. The van der Waals surface area contributed by atoms with Crippen LogP contribution in [0, 0.1) is 5.82 Å². The Morgan fingerprint density at radius 2 is 1.79 bits per heavy atom. The molecule has 1 heterocycles. The van der Waals surface area contributed by atoms with E-state index in [0.29, 0.717) is 5.56 Å². The number of carbonyl (C=O) groups excluding carboxylic acids is 2. The Kier molecular flexibility index (Phi) is 4.39. The average Bonchev–Trinajstić information content (AvgIpc) is 2.85. The first-order chi connectivity index (χ1) is 11.6. The zero-order chi connectivity index (χ0) is 17.1. The number of hydrogen-bond donors (Lipinski definition) is 2. The summed E-state index contributed by atoms with van der Waals surface area (Å²) in [6, 6.07) is 14.0. The van der Waals surface area contributed by atoms with Gasteiger partial charge < -0.3 is 10.4 Å². The molecule has 0 bridgehead atoms. The van der Waals surface area contributed by atoms with Gasteiger partial charge in [-0.1, -0.05) is 36.4 Å². The van der Waals surface area contributed by atoms with Gasteiger partial charge in [-0.15, -0.1) is 0 Å². The number of benzene rings is 2. The molecule has 0 fully saturated rings. The van der Waals surface area contributed by atoms with E-state index in [1.54, 1.807) is 6.07 Å². The summed E-state index contributed by atoms with van der Waals surface area (Å²) in [5.74, 6) is -1.64. The van der Waals surface area contributed by atoms with Crippen molar-refractivity contribution in [3.05, 3.63) is 66.1 Å². The molecular weight excluding hydrogens is 311 g/mol. The fourth-order valence-corrected chi connectivity index (χ4v) is 2.48. The first-order valence-electron chi connectivity index (χ1n) is 7.40. The summed E-state index contributed by atoms with van der Waals surface area (Å²) in [5, 5.41) is 11.5. The van der Waals surface area contributed by atoms with E-state index in [4.69, 9.17) is 5.11 Å². The molecule has 0 saturated carbocycles. The molecule has 122 valence electrons. The second-order valence-electron chi connectivity index (χ2n) is 5.26. The topological polar surface area (TPSA) is 69.6 Å². The van der Waals surface area contributed by atoms with Gasteiger partial charge in [0.1, 0.15) is 11.5 Å². The Balaban J connectivity index is 1.81. The van der Waals surface area contributed by atoms with Crippen molar-refractivity contribution in [1.82, 2.24) is 4.90 Å². The van der Waals surface area contributed by atoms with E-state index in [-0.39, 0.29) is 24.5 Å². The SMILES string of the molecule is O=C1C=C(Nc2ccc(-c3ccccc3)cc2F)C(=O)N1CCO. The molecule has 6 heteroatoms. The predicted octanol–water partition coefficient (Wildman–Crippen LogP) is 2.15. The van der Waals surface area contributed by atoms with E-state index in [0.717, 1.165) is 16.5 Å². The van der Waals surface area contributed by atoms with Gasteiger partial charge in [0.15, 0.2) is 0 Å². The predicted molar refractivity (Wildman–Crippen MR) is 87.3 cm³/mol. The molecule has 1 aliphatic heterocycles. The van der Waals surface area contributed by atoms with Gasteiger partial charge in [-0.3, -0.25) is 14.5 Å². The number of imide groups is 1. The van der Waals surface area contributed by atoms with E-state index in [1.165, 1.54) is 12.1 Å². The van der Waals surface area contributed by atoms with Crippen LogP contribution in [0.5, 0.6) is 0 Å². The van der Waals surface area contributed by atoms with Crippen LogP contribution in [-0.4, -0.2) is 35.0 Å². The molecule has 2 N–H and O–H groups in total. The number of β-amino-alcohol motifs (C(OH)–C–C–N with tert-alkyl or cyclic N) is 1. The van der Waals surface area contributed by atoms with Crippen LogP contribution >= 0.6 is 0 Å². The fourth-order valence-electron chi connectivity index (χ4n) is 2.48. The Morgan fingerprint density at radius 3 is 2.46 bits per heavy atom. The molecule has 0 aliphatic carbocycles. The summed E-state index contributed by atoms with van der Waals surface area (Å²) in [7, 11) is 0. The number of nitrogens with zero attached hydrogens (tertiary/aromatic N) is 1. The molecule has 2 amide bonds. The summed E-state index contributed by atoms with van der Waals surface area (Å²) < 4.78 is 14.3. The number of anilines is 1. The van der Waals surface area contributed by atoms with Crippen LogP contribution in [0.4, 0.5) is 10.1 Å². The van der Waals surface area contributed by atoms with Crippen LogP contribution in [0.1, 0.15) is 0 Å². The molecule has 0 atom stereocenters.